The summed E-state index contributed by atoms with van der Waals surface area (Å²) in [6.07, 6.45) is 2.33. The zero-order valence-electron chi connectivity index (χ0n) is 16.4. The first-order valence-electron chi connectivity index (χ1n) is 9.20. The molecule has 0 unspecified atom stereocenters. The Morgan fingerprint density at radius 1 is 1.24 bits per heavy atom. The molecular formula is C22H22ClN3O2S. The third-order valence-corrected chi connectivity index (χ3v) is 5.62. The third-order valence-electron chi connectivity index (χ3n) is 4.26. The number of amides is 1. The molecule has 1 aromatic heterocycles. The van der Waals surface area contributed by atoms with Crippen LogP contribution >= 0.6 is 22.9 Å². The van der Waals surface area contributed by atoms with Crippen molar-refractivity contribution in [3.05, 3.63) is 75.8 Å². The molecule has 2 aromatic carbocycles. The number of benzene rings is 2. The van der Waals surface area contributed by atoms with Gasteiger partial charge in [0.15, 0.2) is 0 Å². The largest absolute Gasteiger partial charge is 0.489 e. The van der Waals surface area contributed by atoms with E-state index in [2.05, 4.69) is 34.2 Å². The summed E-state index contributed by atoms with van der Waals surface area (Å²) in [6.45, 7) is 8.65. The van der Waals surface area contributed by atoms with Gasteiger partial charge in [0, 0.05) is 18.5 Å². The summed E-state index contributed by atoms with van der Waals surface area (Å²) in [6, 6.07) is 11.1. The fraction of sp³-hybridized carbons (Fsp3) is 0.227. The molecule has 0 aliphatic rings. The topological polar surface area (TPSA) is 64.1 Å². The molecule has 0 fully saturated rings. The van der Waals surface area contributed by atoms with E-state index in [9.17, 15) is 4.79 Å². The maximum absolute atomic E-state index is 12.2. The molecule has 3 rings (SSSR count). The lowest BCUT2D eigenvalue weighted by molar-refractivity contribution is 0.0954. The molecule has 150 valence electrons. The second kappa shape index (κ2) is 9.67. The van der Waals surface area contributed by atoms with Crippen molar-refractivity contribution in [1.82, 2.24) is 15.5 Å². The lowest BCUT2D eigenvalue weighted by Crippen LogP contribution is -2.25. The van der Waals surface area contributed by atoms with Crippen LogP contribution in [0.15, 0.2) is 49.1 Å². The summed E-state index contributed by atoms with van der Waals surface area (Å²) < 4.78 is 5.73. The molecule has 5 nitrogen and oxygen atoms in total. The van der Waals surface area contributed by atoms with E-state index in [1.165, 1.54) is 11.3 Å². The van der Waals surface area contributed by atoms with Crippen molar-refractivity contribution in [1.29, 1.82) is 0 Å². The first kappa shape index (κ1) is 21.0. The van der Waals surface area contributed by atoms with Gasteiger partial charge in [-0.1, -0.05) is 47.7 Å². The number of aryl methyl sites for hydroxylation is 2. The summed E-state index contributed by atoms with van der Waals surface area (Å²) in [7, 11) is 0. The van der Waals surface area contributed by atoms with Gasteiger partial charge >= 0.3 is 0 Å². The molecule has 1 N–H and O–H groups in total. The number of halogens is 1. The van der Waals surface area contributed by atoms with Crippen LogP contribution in [0.5, 0.6) is 5.75 Å². The van der Waals surface area contributed by atoms with Crippen molar-refractivity contribution in [2.45, 2.75) is 20.3 Å². The third kappa shape index (κ3) is 5.22. The first-order valence-corrected chi connectivity index (χ1v) is 10.4. The van der Waals surface area contributed by atoms with Gasteiger partial charge in [0.1, 0.15) is 22.4 Å². The Bertz CT molecular complexity index is 1010. The fourth-order valence-electron chi connectivity index (χ4n) is 2.94. The van der Waals surface area contributed by atoms with Gasteiger partial charge < -0.3 is 10.1 Å². The highest BCUT2D eigenvalue weighted by Crippen LogP contribution is 2.31. The predicted octanol–water partition coefficient (Wildman–Crippen LogP) is 5.01. The lowest BCUT2D eigenvalue weighted by Gasteiger charge is -2.11. The van der Waals surface area contributed by atoms with Crippen LogP contribution in [0.1, 0.15) is 26.5 Å². The second-order valence-corrected chi connectivity index (χ2v) is 7.99. The SMILES string of the molecule is C=CCOc1c(C)cc(-c2nnc(CCNC(=O)c3ccccc3Cl)s2)cc1C. The van der Waals surface area contributed by atoms with Gasteiger partial charge in [0.05, 0.1) is 10.6 Å². The molecule has 3 aromatic rings. The maximum Gasteiger partial charge on any atom is 0.252 e. The molecule has 0 spiro atoms. The Labute approximate surface area is 179 Å². The van der Waals surface area contributed by atoms with E-state index in [1.807, 2.05) is 13.8 Å². The summed E-state index contributed by atoms with van der Waals surface area (Å²) in [4.78, 5) is 12.2. The standard InChI is InChI=1S/C22H22ClN3O2S/c1-4-11-28-20-14(2)12-16(13-15(20)3)22-26-25-19(29-22)9-10-24-21(27)17-7-5-6-8-18(17)23/h4-8,12-13H,1,9-11H2,2-3H3,(H,24,27). The first-order chi connectivity index (χ1) is 14.0. The van der Waals surface area contributed by atoms with Gasteiger partial charge in [-0.05, 0) is 49.2 Å². The van der Waals surface area contributed by atoms with E-state index >= 15 is 0 Å². The highest BCUT2D eigenvalue weighted by atomic mass is 35.5. The van der Waals surface area contributed by atoms with E-state index in [1.54, 1.807) is 30.3 Å². The summed E-state index contributed by atoms with van der Waals surface area (Å²) in [5, 5.41) is 13.6. The van der Waals surface area contributed by atoms with Crippen molar-refractivity contribution in [2.24, 2.45) is 0 Å². The van der Waals surface area contributed by atoms with Crippen LogP contribution in [-0.2, 0) is 6.42 Å². The Morgan fingerprint density at radius 2 is 1.97 bits per heavy atom. The molecule has 0 radical (unpaired) electrons. The molecule has 1 heterocycles. The van der Waals surface area contributed by atoms with E-state index in [0.717, 1.165) is 32.5 Å². The van der Waals surface area contributed by atoms with Gasteiger partial charge in [-0.3, -0.25) is 4.79 Å². The minimum atomic E-state index is -0.193. The number of ether oxygens (including phenoxy) is 1. The van der Waals surface area contributed by atoms with Gasteiger partial charge in [-0.2, -0.15) is 0 Å². The highest BCUT2D eigenvalue weighted by molar-refractivity contribution is 7.14. The molecular weight excluding hydrogens is 406 g/mol. The number of hydrogen-bond donors (Lipinski definition) is 1. The lowest BCUT2D eigenvalue weighted by atomic mass is 10.1. The van der Waals surface area contributed by atoms with Crippen LogP contribution in [0, 0.1) is 13.8 Å². The number of hydrogen-bond acceptors (Lipinski definition) is 5. The van der Waals surface area contributed by atoms with Crippen LogP contribution in [0.3, 0.4) is 0 Å². The molecule has 0 saturated heterocycles. The number of nitrogens with one attached hydrogen (secondary N) is 1. The Morgan fingerprint density at radius 3 is 2.66 bits per heavy atom. The van der Waals surface area contributed by atoms with Gasteiger partial charge in [-0.25, -0.2) is 0 Å². The maximum atomic E-state index is 12.2. The predicted molar refractivity (Wildman–Crippen MR) is 118 cm³/mol. The van der Waals surface area contributed by atoms with Crippen molar-refractivity contribution < 1.29 is 9.53 Å². The van der Waals surface area contributed by atoms with Crippen molar-refractivity contribution in [3.8, 4) is 16.3 Å². The zero-order valence-corrected chi connectivity index (χ0v) is 17.9. The van der Waals surface area contributed by atoms with Crippen molar-refractivity contribution in [2.75, 3.05) is 13.2 Å². The van der Waals surface area contributed by atoms with E-state index in [-0.39, 0.29) is 5.91 Å². The van der Waals surface area contributed by atoms with Crippen molar-refractivity contribution >= 4 is 28.8 Å². The van der Waals surface area contributed by atoms with Gasteiger partial charge in [0.25, 0.3) is 5.91 Å². The number of aromatic nitrogens is 2. The van der Waals surface area contributed by atoms with Crippen LogP contribution in [0.2, 0.25) is 5.02 Å². The number of nitrogens with zero attached hydrogens (tertiary/aromatic N) is 2. The average Bonchev–Trinajstić information content (AvgIpc) is 3.16. The molecule has 0 saturated carbocycles. The minimum Gasteiger partial charge on any atom is -0.489 e. The minimum absolute atomic E-state index is 0.193. The molecule has 0 aliphatic carbocycles. The monoisotopic (exact) mass is 427 g/mol. The number of carbonyl (C=O) groups excluding carboxylic acids is 1. The van der Waals surface area contributed by atoms with E-state index < -0.39 is 0 Å². The Hall–Kier alpha value is -2.70. The second-order valence-electron chi connectivity index (χ2n) is 6.53. The van der Waals surface area contributed by atoms with Gasteiger partial charge in [0.2, 0.25) is 0 Å². The van der Waals surface area contributed by atoms with Gasteiger partial charge in [-0.15, -0.1) is 10.2 Å². The summed E-state index contributed by atoms with van der Waals surface area (Å²) in [5.41, 5.74) is 3.57. The fourth-order valence-corrected chi connectivity index (χ4v) is 3.99. The molecule has 7 heteroatoms. The van der Waals surface area contributed by atoms with Crippen LogP contribution in [0.4, 0.5) is 0 Å². The van der Waals surface area contributed by atoms with Crippen LogP contribution < -0.4 is 10.1 Å². The quantitative estimate of drug-likeness (QED) is 0.513. The highest BCUT2D eigenvalue weighted by Gasteiger charge is 2.13. The summed E-state index contributed by atoms with van der Waals surface area (Å²) in [5.74, 6) is 0.683. The average molecular weight is 428 g/mol. The normalized spacial score (nSPS) is 10.6. The molecule has 0 aliphatic heterocycles. The van der Waals surface area contributed by atoms with E-state index in [0.29, 0.717) is 30.2 Å². The molecule has 0 bridgehead atoms. The Balaban J connectivity index is 1.63. The van der Waals surface area contributed by atoms with E-state index in [4.69, 9.17) is 16.3 Å². The molecule has 1 amide bonds. The smallest absolute Gasteiger partial charge is 0.252 e. The van der Waals surface area contributed by atoms with Crippen LogP contribution in [-0.4, -0.2) is 29.3 Å². The van der Waals surface area contributed by atoms with Crippen LogP contribution in [0.25, 0.3) is 10.6 Å². The zero-order chi connectivity index (χ0) is 20.8. The Kier molecular flexibility index (Phi) is 7.01. The summed E-state index contributed by atoms with van der Waals surface area (Å²) >= 11 is 7.58. The number of carbonyl (C=O) groups is 1. The van der Waals surface area contributed by atoms with Crippen molar-refractivity contribution in [3.63, 3.8) is 0 Å². The molecule has 29 heavy (non-hydrogen) atoms. The number of rotatable bonds is 8. The molecule has 0 atom stereocenters.